The molecule has 1 unspecified atom stereocenters. The Bertz CT molecular complexity index is 991. The Morgan fingerprint density at radius 3 is 2.25 bits per heavy atom. The lowest BCUT2D eigenvalue weighted by Crippen LogP contribution is -2.45. The Kier molecular flexibility index (Phi) is 7.02. The smallest absolute Gasteiger partial charge is 0.248 e. The average Bonchev–Trinajstić information content (AvgIpc) is 2.58. The molecule has 0 spiro atoms. The molecule has 2 aromatic carbocycles. The number of rotatable bonds is 6. The maximum absolute atomic E-state index is 13.0. The van der Waals surface area contributed by atoms with E-state index in [9.17, 15) is 13.2 Å². The Balaban J connectivity index is 2.42. The van der Waals surface area contributed by atoms with Gasteiger partial charge in [0.1, 0.15) is 6.04 Å². The van der Waals surface area contributed by atoms with Gasteiger partial charge in [0.25, 0.3) is 0 Å². The lowest BCUT2D eigenvalue weighted by atomic mass is 9.98. The SMILES string of the molecule is Cc1cccc(C(C)C)c1NC(=O)C(C)N(c1ccc(Cl)c(Cl)c1)S(C)(=O)=O. The van der Waals surface area contributed by atoms with E-state index in [-0.39, 0.29) is 16.6 Å². The number of aryl methyl sites for hydroxylation is 1. The van der Waals surface area contributed by atoms with E-state index in [1.807, 2.05) is 39.0 Å². The number of amides is 1. The number of benzene rings is 2. The van der Waals surface area contributed by atoms with Gasteiger partial charge in [-0.25, -0.2) is 8.42 Å². The molecule has 1 amide bonds. The van der Waals surface area contributed by atoms with E-state index >= 15 is 0 Å². The van der Waals surface area contributed by atoms with Crippen molar-refractivity contribution in [3.8, 4) is 0 Å². The molecular weight excluding hydrogens is 419 g/mol. The minimum absolute atomic E-state index is 0.201. The molecule has 0 saturated carbocycles. The third kappa shape index (κ3) is 4.99. The van der Waals surface area contributed by atoms with E-state index in [0.29, 0.717) is 10.7 Å². The maximum Gasteiger partial charge on any atom is 0.248 e. The van der Waals surface area contributed by atoms with Crippen molar-refractivity contribution in [1.82, 2.24) is 0 Å². The number of nitrogens with zero attached hydrogens (tertiary/aromatic N) is 1. The third-order valence-electron chi connectivity index (χ3n) is 4.42. The summed E-state index contributed by atoms with van der Waals surface area (Å²) in [4.78, 5) is 13.0. The van der Waals surface area contributed by atoms with Crippen LogP contribution < -0.4 is 9.62 Å². The van der Waals surface area contributed by atoms with Gasteiger partial charge < -0.3 is 5.32 Å². The van der Waals surface area contributed by atoms with Crippen molar-refractivity contribution in [2.45, 2.75) is 39.7 Å². The second kappa shape index (κ2) is 8.72. The number of carbonyl (C=O) groups excluding carboxylic acids is 1. The summed E-state index contributed by atoms with van der Waals surface area (Å²) >= 11 is 12.0. The van der Waals surface area contributed by atoms with Crippen LogP contribution in [0.4, 0.5) is 11.4 Å². The second-order valence-electron chi connectivity index (χ2n) is 7.02. The molecule has 1 N–H and O–H groups in total. The first-order chi connectivity index (χ1) is 12.9. The molecule has 0 radical (unpaired) electrons. The van der Waals surface area contributed by atoms with E-state index in [1.54, 1.807) is 0 Å². The van der Waals surface area contributed by atoms with Gasteiger partial charge >= 0.3 is 0 Å². The Morgan fingerprint density at radius 1 is 1.07 bits per heavy atom. The van der Waals surface area contributed by atoms with Gasteiger partial charge in [0.2, 0.25) is 15.9 Å². The standard InChI is InChI=1S/C20H24Cl2N2O3S/c1-12(2)16-8-6-7-13(3)19(16)23-20(25)14(4)24(28(5,26)27)15-9-10-17(21)18(22)11-15/h6-12,14H,1-5H3,(H,23,25). The van der Waals surface area contributed by atoms with Gasteiger partial charge in [-0.15, -0.1) is 0 Å². The van der Waals surface area contributed by atoms with Crippen molar-refractivity contribution in [2.75, 3.05) is 15.9 Å². The molecular formula is C20H24Cl2N2O3S. The highest BCUT2D eigenvalue weighted by molar-refractivity contribution is 7.92. The molecule has 0 aliphatic rings. The molecule has 8 heteroatoms. The topological polar surface area (TPSA) is 66.5 Å². The van der Waals surface area contributed by atoms with Crippen LogP contribution in [0.5, 0.6) is 0 Å². The van der Waals surface area contributed by atoms with Crippen LogP contribution in [0.25, 0.3) is 0 Å². The fraction of sp³-hybridized carbons (Fsp3) is 0.350. The van der Waals surface area contributed by atoms with Gasteiger partial charge in [-0.2, -0.15) is 0 Å². The molecule has 0 aliphatic carbocycles. The van der Waals surface area contributed by atoms with Crippen molar-refractivity contribution in [1.29, 1.82) is 0 Å². The number of halogens is 2. The molecule has 2 aromatic rings. The lowest BCUT2D eigenvalue weighted by Gasteiger charge is -2.29. The van der Waals surface area contributed by atoms with Crippen LogP contribution in [-0.4, -0.2) is 26.6 Å². The number of nitrogens with one attached hydrogen (secondary N) is 1. The van der Waals surface area contributed by atoms with E-state index in [0.717, 1.165) is 21.7 Å². The first-order valence-electron chi connectivity index (χ1n) is 8.78. The predicted octanol–water partition coefficient (Wildman–Crippen LogP) is 5.22. The summed E-state index contributed by atoms with van der Waals surface area (Å²) in [6.07, 6.45) is 1.05. The number of sulfonamides is 1. The second-order valence-corrected chi connectivity index (χ2v) is 9.69. The Labute approximate surface area is 176 Å². The van der Waals surface area contributed by atoms with Crippen molar-refractivity contribution in [2.24, 2.45) is 0 Å². The first-order valence-corrected chi connectivity index (χ1v) is 11.4. The molecule has 0 aromatic heterocycles. The monoisotopic (exact) mass is 442 g/mol. The highest BCUT2D eigenvalue weighted by atomic mass is 35.5. The van der Waals surface area contributed by atoms with Crippen LogP contribution >= 0.6 is 23.2 Å². The Hall–Kier alpha value is -1.76. The average molecular weight is 443 g/mol. The fourth-order valence-electron chi connectivity index (χ4n) is 3.00. The van der Waals surface area contributed by atoms with Crippen molar-refractivity contribution < 1.29 is 13.2 Å². The zero-order valence-corrected chi connectivity index (χ0v) is 18.8. The van der Waals surface area contributed by atoms with Gasteiger partial charge in [0, 0.05) is 5.69 Å². The highest BCUT2D eigenvalue weighted by Gasteiger charge is 2.30. The van der Waals surface area contributed by atoms with E-state index in [4.69, 9.17) is 23.2 Å². The minimum atomic E-state index is -3.75. The normalized spacial score (nSPS) is 12.7. The summed E-state index contributed by atoms with van der Waals surface area (Å²) in [5.74, 6) is -0.237. The predicted molar refractivity (Wildman–Crippen MR) is 117 cm³/mol. The molecule has 28 heavy (non-hydrogen) atoms. The van der Waals surface area contributed by atoms with Crippen LogP contribution in [0.2, 0.25) is 10.0 Å². The minimum Gasteiger partial charge on any atom is -0.324 e. The summed E-state index contributed by atoms with van der Waals surface area (Å²) < 4.78 is 25.9. The maximum atomic E-state index is 13.0. The van der Waals surface area contributed by atoms with Crippen molar-refractivity contribution in [3.63, 3.8) is 0 Å². The van der Waals surface area contributed by atoms with E-state index in [2.05, 4.69) is 5.32 Å². The quantitative estimate of drug-likeness (QED) is 0.666. The zero-order valence-electron chi connectivity index (χ0n) is 16.5. The van der Waals surface area contributed by atoms with Gasteiger partial charge in [-0.1, -0.05) is 55.2 Å². The molecule has 0 heterocycles. The van der Waals surface area contributed by atoms with E-state index in [1.165, 1.54) is 25.1 Å². The molecule has 0 aliphatic heterocycles. The summed E-state index contributed by atoms with van der Waals surface area (Å²) in [6.45, 7) is 7.50. The molecule has 5 nitrogen and oxygen atoms in total. The third-order valence-corrected chi connectivity index (χ3v) is 6.40. The Morgan fingerprint density at radius 2 is 1.71 bits per heavy atom. The molecule has 0 bridgehead atoms. The molecule has 152 valence electrons. The summed E-state index contributed by atoms with van der Waals surface area (Å²) in [7, 11) is -3.75. The molecule has 0 fully saturated rings. The van der Waals surface area contributed by atoms with Crippen LogP contribution in [-0.2, 0) is 14.8 Å². The zero-order chi connectivity index (χ0) is 21.2. The van der Waals surface area contributed by atoms with Gasteiger partial charge in [-0.05, 0) is 49.1 Å². The van der Waals surface area contributed by atoms with Crippen LogP contribution in [0.1, 0.15) is 37.8 Å². The highest BCUT2D eigenvalue weighted by Crippen LogP contribution is 2.31. The van der Waals surface area contributed by atoms with Gasteiger partial charge in [-0.3, -0.25) is 9.10 Å². The molecule has 1 atom stereocenters. The molecule has 2 rings (SSSR count). The fourth-order valence-corrected chi connectivity index (χ4v) is 4.46. The van der Waals surface area contributed by atoms with E-state index < -0.39 is 22.0 Å². The van der Waals surface area contributed by atoms with Crippen molar-refractivity contribution >= 4 is 50.5 Å². The van der Waals surface area contributed by atoms with Crippen LogP contribution in [0, 0.1) is 6.92 Å². The summed E-state index contributed by atoms with van der Waals surface area (Å²) in [5, 5.41) is 3.42. The first kappa shape index (κ1) is 22.5. The van der Waals surface area contributed by atoms with Gasteiger partial charge in [0.15, 0.2) is 0 Å². The lowest BCUT2D eigenvalue weighted by molar-refractivity contribution is -0.116. The largest absolute Gasteiger partial charge is 0.324 e. The van der Waals surface area contributed by atoms with Crippen LogP contribution in [0.3, 0.4) is 0 Å². The van der Waals surface area contributed by atoms with Crippen molar-refractivity contribution in [3.05, 3.63) is 57.6 Å². The number of para-hydroxylation sites is 1. The number of hydrogen-bond acceptors (Lipinski definition) is 3. The number of carbonyl (C=O) groups is 1. The number of hydrogen-bond donors (Lipinski definition) is 1. The van der Waals surface area contributed by atoms with Crippen LogP contribution in [0.15, 0.2) is 36.4 Å². The summed E-state index contributed by atoms with van der Waals surface area (Å²) in [6, 6.07) is 9.24. The van der Waals surface area contributed by atoms with Gasteiger partial charge in [0.05, 0.1) is 22.0 Å². The molecule has 0 saturated heterocycles. The number of anilines is 2. The summed E-state index contributed by atoms with van der Waals surface area (Å²) in [5.41, 5.74) is 2.87.